The molecule has 3 heterocycles. The van der Waals surface area contributed by atoms with Crippen LogP contribution >= 0.6 is 0 Å². The molecule has 23 heavy (non-hydrogen) atoms. The Labute approximate surface area is 135 Å². The predicted octanol–water partition coefficient (Wildman–Crippen LogP) is 3.52. The average Bonchev–Trinajstić information content (AvgIpc) is 3.24. The van der Waals surface area contributed by atoms with Crippen LogP contribution in [0, 0.1) is 5.41 Å². The highest BCUT2D eigenvalue weighted by Gasteiger charge is 2.41. The van der Waals surface area contributed by atoms with Crippen molar-refractivity contribution >= 4 is 0 Å². The lowest BCUT2D eigenvalue weighted by Gasteiger charge is -2.29. The van der Waals surface area contributed by atoms with Crippen LogP contribution in [0.5, 0.6) is 0 Å². The van der Waals surface area contributed by atoms with Crippen molar-refractivity contribution in [1.29, 1.82) is 0 Å². The fraction of sp³-hybridized carbons (Fsp3) is 0.706. The van der Waals surface area contributed by atoms with E-state index in [9.17, 15) is 0 Å². The number of nitrogens with zero attached hydrogens (tertiary/aromatic N) is 3. The molecule has 2 aromatic heterocycles. The molecule has 6 heteroatoms. The van der Waals surface area contributed by atoms with E-state index < -0.39 is 0 Å². The van der Waals surface area contributed by atoms with E-state index in [2.05, 4.69) is 36.1 Å². The van der Waals surface area contributed by atoms with Crippen molar-refractivity contribution < 1.29 is 13.8 Å². The summed E-state index contributed by atoms with van der Waals surface area (Å²) in [6.07, 6.45) is 5.31. The van der Waals surface area contributed by atoms with Crippen molar-refractivity contribution in [2.24, 2.45) is 5.41 Å². The summed E-state index contributed by atoms with van der Waals surface area (Å²) in [6, 6.07) is 0. The minimum absolute atomic E-state index is 0.0490. The Hall–Kier alpha value is -1.69. The van der Waals surface area contributed by atoms with Crippen molar-refractivity contribution in [1.82, 2.24) is 15.3 Å². The molecule has 124 valence electrons. The molecule has 1 fully saturated rings. The molecule has 0 saturated carbocycles. The number of ether oxygens (including phenoxy) is 1. The zero-order chi connectivity index (χ0) is 16.0. The molecule has 0 N–H and O–H groups in total. The molecule has 1 aliphatic heterocycles. The van der Waals surface area contributed by atoms with Crippen LogP contribution < -0.4 is 0 Å². The van der Waals surface area contributed by atoms with E-state index in [1.54, 1.807) is 0 Å². The first-order valence-electron chi connectivity index (χ1n) is 8.47. The van der Waals surface area contributed by atoms with Gasteiger partial charge in [-0.2, -0.15) is 4.98 Å². The number of aromatic nitrogens is 3. The van der Waals surface area contributed by atoms with Gasteiger partial charge in [-0.05, 0) is 37.5 Å². The summed E-state index contributed by atoms with van der Waals surface area (Å²) in [5, 5.41) is 8.38. The molecule has 0 aromatic carbocycles. The van der Waals surface area contributed by atoms with E-state index >= 15 is 0 Å². The van der Waals surface area contributed by atoms with E-state index in [1.165, 1.54) is 6.42 Å². The lowest BCUT2D eigenvalue weighted by molar-refractivity contribution is 0.0193. The largest absolute Gasteiger partial charge is 0.377 e. The van der Waals surface area contributed by atoms with Crippen molar-refractivity contribution in [3.05, 3.63) is 17.1 Å². The maximum atomic E-state index is 5.92. The molecule has 0 spiro atoms. The zero-order valence-electron chi connectivity index (χ0n) is 14.0. The Morgan fingerprint density at radius 3 is 2.70 bits per heavy atom. The summed E-state index contributed by atoms with van der Waals surface area (Å²) in [5.74, 6) is 2.00. The fourth-order valence-corrected chi connectivity index (χ4v) is 3.74. The fourth-order valence-electron chi connectivity index (χ4n) is 3.74. The number of hydrogen-bond donors (Lipinski definition) is 0. The van der Waals surface area contributed by atoms with Crippen LogP contribution in [0.1, 0.15) is 63.0 Å². The smallest absolute Gasteiger partial charge is 0.296 e. The minimum Gasteiger partial charge on any atom is -0.377 e. The van der Waals surface area contributed by atoms with Gasteiger partial charge in [0.15, 0.2) is 5.82 Å². The first kappa shape index (κ1) is 14.9. The Balaban J connectivity index is 1.63. The lowest BCUT2D eigenvalue weighted by atomic mass is 9.81. The van der Waals surface area contributed by atoms with Gasteiger partial charge >= 0.3 is 0 Å². The molecule has 0 radical (unpaired) electrons. The highest BCUT2D eigenvalue weighted by Crippen LogP contribution is 2.40. The second kappa shape index (κ2) is 5.44. The Morgan fingerprint density at radius 2 is 1.87 bits per heavy atom. The van der Waals surface area contributed by atoms with Gasteiger partial charge in [0.25, 0.3) is 5.89 Å². The van der Waals surface area contributed by atoms with Gasteiger partial charge in [0, 0.05) is 12.2 Å². The quantitative estimate of drug-likeness (QED) is 0.843. The van der Waals surface area contributed by atoms with Crippen molar-refractivity contribution in [2.75, 3.05) is 6.61 Å². The van der Waals surface area contributed by atoms with Gasteiger partial charge in [0.05, 0.1) is 17.7 Å². The number of rotatable bonds is 2. The van der Waals surface area contributed by atoms with E-state index in [0.717, 1.165) is 49.4 Å². The third-order valence-electron chi connectivity index (χ3n) is 4.87. The Kier molecular flexibility index (Phi) is 3.52. The number of fused-ring (bicyclic) bond motifs is 1. The van der Waals surface area contributed by atoms with Crippen molar-refractivity contribution in [3.8, 4) is 11.7 Å². The molecule has 0 amide bonds. The summed E-state index contributed by atoms with van der Waals surface area (Å²) < 4.78 is 16.9. The molecule has 0 unspecified atom stereocenters. The highest BCUT2D eigenvalue weighted by molar-refractivity contribution is 5.52. The SMILES string of the molecule is CC(C)(C)[C@@H]1OCC[C@H]1c1noc(-c2onc3c2CCCC3)n1. The van der Waals surface area contributed by atoms with Crippen LogP contribution in [0.25, 0.3) is 11.7 Å². The van der Waals surface area contributed by atoms with Gasteiger partial charge in [0.2, 0.25) is 5.76 Å². The molecule has 6 nitrogen and oxygen atoms in total. The van der Waals surface area contributed by atoms with Crippen LogP contribution in [0.15, 0.2) is 9.05 Å². The van der Waals surface area contributed by atoms with Gasteiger partial charge in [-0.3, -0.25) is 0 Å². The number of aryl methyl sites for hydroxylation is 1. The molecule has 2 aliphatic rings. The monoisotopic (exact) mass is 317 g/mol. The topological polar surface area (TPSA) is 74.2 Å². The summed E-state index contributed by atoms with van der Waals surface area (Å²) in [5.41, 5.74) is 2.23. The first-order valence-corrected chi connectivity index (χ1v) is 8.47. The minimum atomic E-state index is 0.0490. The summed E-state index contributed by atoms with van der Waals surface area (Å²) in [6.45, 7) is 7.30. The van der Waals surface area contributed by atoms with Crippen LogP contribution in [0.3, 0.4) is 0 Å². The molecule has 0 bridgehead atoms. The Morgan fingerprint density at radius 1 is 1.04 bits per heavy atom. The highest BCUT2D eigenvalue weighted by atomic mass is 16.5. The van der Waals surface area contributed by atoms with E-state index in [0.29, 0.717) is 11.7 Å². The van der Waals surface area contributed by atoms with Crippen LogP contribution in [-0.2, 0) is 17.6 Å². The first-order chi connectivity index (χ1) is 11.0. The third-order valence-corrected chi connectivity index (χ3v) is 4.87. The number of hydrogen-bond acceptors (Lipinski definition) is 6. The average molecular weight is 317 g/mol. The maximum Gasteiger partial charge on any atom is 0.296 e. The van der Waals surface area contributed by atoms with Gasteiger partial charge in [-0.15, -0.1) is 0 Å². The van der Waals surface area contributed by atoms with E-state index in [4.69, 9.17) is 13.8 Å². The molecule has 2 aromatic rings. The van der Waals surface area contributed by atoms with E-state index in [-0.39, 0.29) is 17.4 Å². The molecule has 1 aliphatic carbocycles. The maximum absolute atomic E-state index is 5.92. The van der Waals surface area contributed by atoms with E-state index in [1.807, 2.05) is 0 Å². The van der Waals surface area contributed by atoms with Crippen molar-refractivity contribution in [2.45, 2.75) is 64.9 Å². The van der Waals surface area contributed by atoms with Gasteiger partial charge in [-0.1, -0.05) is 31.1 Å². The van der Waals surface area contributed by atoms with Crippen molar-refractivity contribution in [3.63, 3.8) is 0 Å². The van der Waals surface area contributed by atoms with Crippen LogP contribution in [-0.4, -0.2) is 28.0 Å². The van der Waals surface area contributed by atoms with Gasteiger partial charge < -0.3 is 13.8 Å². The van der Waals surface area contributed by atoms with Crippen LogP contribution in [0.4, 0.5) is 0 Å². The molecule has 2 atom stereocenters. The summed E-state index contributed by atoms with van der Waals surface area (Å²) in [7, 11) is 0. The standard InChI is InChI=1S/C17H23N3O3/c1-17(2,3)14-11(8-9-21-14)15-18-16(23-20-15)13-10-6-4-5-7-12(10)19-22-13/h11,14H,4-9H2,1-3H3/t11-,14-/m1/s1. The molecule has 4 rings (SSSR count). The molecule has 1 saturated heterocycles. The molecular formula is C17H23N3O3. The molecular weight excluding hydrogens is 294 g/mol. The van der Waals surface area contributed by atoms with Crippen LogP contribution in [0.2, 0.25) is 0 Å². The summed E-state index contributed by atoms with van der Waals surface area (Å²) in [4.78, 5) is 4.62. The normalized spacial score (nSPS) is 24.8. The van der Waals surface area contributed by atoms with Gasteiger partial charge in [0.1, 0.15) is 0 Å². The van der Waals surface area contributed by atoms with Gasteiger partial charge in [-0.25, -0.2) is 0 Å². The third kappa shape index (κ3) is 2.59. The second-order valence-corrected chi connectivity index (χ2v) is 7.65. The second-order valence-electron chi connectivity index (χ2n) is 7.65. The predicted molar refractivity (Wildman–Crippen MR) is 83.0 cm³/mol. The zero-order valence-corrected chi connectivity index (χ0v) is 14.0. The Bertz CT molecular complexity index is 698. The lowest BCUT2D eigenvalue weighted by Crippen LogP contribution is -2.30. The summed E-state index contributed by atoms with van der Waals surface area (Å²) >= 11 is 0.